The lowest BCUT2D eigenvalue weighted by molar-refractivity contribution is -0.119. The van der Waals surface area contributed by atoms with E-state index in [2.05, 4.69) is 15.6 Å². The topological polar surface area (TPSA) is 93.1 Å². The second-order valence-corrected chi connectivity index (χ2v) is 7.89. The van der Waals surface area contributed by atoms with Gasteiger partial charge in [0.25, 0.3) is 5.56 Å². The number of benzene rings is 2. The van der Waals surface area contributed by atoms with Crippen molar-refractivity contribution in [1.29, 1.82) is 0 Å². The summed E-state index contributed by atoms with van der Waals surface area (Å²) in [6.45, 7) is 3.80. The molecule has 0 spiro atoms. The minimum absolute atomic E-state index is 0.267. The van der Waals surface area contributed by atoms with Crippen LogP contribution in [0.25, 0.3) is 16.6 Å². The summed E-state index contributed by atoms with van der Waals surface area (Å²) in [7, 11) is 0. The van der Waals surface area contributed by atoms with Gasteiger partial charge in [0.15, 0.2) is 5.16 Å². The van der Waals surface area contributed by atoms with Crippen molar-refractivity contribution in [2.24, 2.45) is 0 Å². The normalized spacial score (nSPS) is 11.8. The summed E-state index contributed by atoms with van der Waals surface area (Å²) in [5.74, 6) is -0.485. The fraction of sp³-hybridized carbons (Fsp3) is 0.200. The maximum absolute atomic E-state index is 13.2. The van der Waals surface area contributed by atoms with Crippen LogP contribution < -0.4 is 16.2 Å². The van der Waals surface area contributed by atoms with Gasteiger partial charge in [-0.3, -0.25) is 19.5 Å². The SMILES string of the molecule is CCNC(=O)NC(=O)[C@H](C)Sc1nc2ccccc2c(=O)n1-c1cccc(Cl)c1. The first-order valence-electron chi connectivity index (χ1n) is 8.93. The number of urea groups is 1. The fourth-order valence-electron chi connectivity index (χ4n) is 2.66. The first-order chi connectivity index (χ1) is 13.9. The molecule has 29 heavy (non-hydrogen) atoms. The van der Waals surface area contributed by atoms with Crippen LogP contribution in [0.1, 0.15) is 13.8 Å². The van der Waals surface area contributed by atoms with Crippen molar-refractivity contribution in [2.45, 2.75) is 24.3 Å². The van der Waals surface area contributed by atoms with Gasteiger partial charge in [0.2, 0.25) is 5.91 Å². The monoisotopic (exact) mass is 430 g/mol. The Morgan fingerprint density at radius 2 is 1.97 bits per heavy atom. The average molecular weight is 431 g/mol. The van der Waals surface area contributed by atoms with E-state index in [0.29, 0.717) is 33.3 Å². The van der Waals surface area contributed by atoms with E-state index in [1.165, 1.54) is 4.57 Å². The molecule has 0 radical (unpaired) electrons. The van der Waals surface area contributed by atoms with Gasteiger partial charge in [-0.15, -0.1) is 0 Å². The van der Waals surface area contributed by atoms with Gasteiger partial charge in [-0.2, -0.15) is 0 Å². The molecule has 3 rings (SSSR count). The van der Waals surface area contributed by atoms with Crippen molar-refractivity contribution >= 4 is 46.2 Å². The third kappa shape index (κ3) is 4.78. The molecule has 0 bridgehead atoms. The van der Waals surface area contributed by atoms with Gasteiger partial charge in [0.05, 0.1) is 21.8 Å². The highest BCUT2D eigenvalue weighted by molar-refractivity contribution is 8.00. The molecule has 3 aromatic rings. The zero-order valence-electron chi connectivity index (χ0n) is 15.8. The number of thioether (sulfide) groups is 1. The van der Waals surface area contributed by atoms with E-state index in [4.69, 9.17) is 11.6 Å². The maximum atomic E-state index is 13.2. The zero-order chi connectivity index (χ0) is 21.0. The molecule has 150 valence electrons. The summed E-state index contributed by atoms with van der Waals surface area (Å²) >= 11 is 7.19. The lowest BCUT2D eigenvalue weighted by Gasteiger charge is -2.16. The molecule has 0 aliphatic rings. The fourth-order valence-corrected chi connectivity index (χ4v) is 3.78. The smallest absolute Gasteiger partial charge is 0.321 e. The Hall–Kier alpha value is -2.84. The second kappa shape index (κ2) is 9.11. The van der Waals surface area contributed by atoms with Crippen LogP contribution in [-0.2, 0) is 4.79 Å². The molecule has 7 nitrogen and oxygen atoms in total. The largest absolute Gasteiger partial charge is 0.338 e. The molecule has 1 atom stereocenters. The van der Waals surface area contributed by atoms with Crippen LogP contribution >= 0.6 is 23.4 Å². The molecule has 0 fully saturated rings. The van der Waals surface area contributed by atoms with Crippen molar-refractivity contribution in [1.82, 2.24) is 20.2 Å². The number of imide groups is 1. The van der Waals surface area contributed by atoms with Gasteiger partial charge < -0.3 is 5.32 Å². The van der Waals surface area contributed by atoms with Gasteiger partial charge in [0, 0.05) is 11.6 Å². The van der Waals surface area contributed by atoms with Crippen molar-refractivity contribution < 1.29 is 9.59 Å². The number of carbonyl (C=O) groups excluding carboxylic acids is 2. The van der Waals surface area contributed by atoms with Crippen molar-refractivity contribution in [3.05, 3.63) is 63.9 Å². The van der Waals surface area contributed by atoms with Crippen LogP contribution in [0.15, 0.2) is 58.5 Å². The predicted octanol–water partition coefficient (Wildman–Crippen LogP) is 3.37. The Bertz CT molecular complexity index is 1130. The third-order valence-corrected chi connectivity index (χ3v) is 5.32. The van der Waals surface area contributed by atoms with Crippen LogP contribution in [0.4, 0.5) is 4.79 Å². The molecule has 1 aromatic heterocycles. The van der Waals surface area contributed by atoms with Gasteiger partial charge in [-0.1, -0.05) is 41.6 Å². The summed E-state index contributed by atoms with van der Waals surface area (Å²) < 4.78 is 1.43. The lowest BCUT2D eigenvalue weighted by atomic mass is 10.2. The van der Waals surface area contributed by atoms with Crippen LogP contribution in [-0.4, -0.2) is 33.3 Å². The second-order valence-electron chi connectivity index (χ2n) is 6.14. The number of rotatable bonds is 5. The van der Waals surface area contributed by atoms with E-state index in [-0.39, 0.29) is 5.56 Å². The van der Waals surface area contributed by atoms with Crippen LogP contribution in [0.2, 0.25) is 5.02 Å². The lowest BCUT2D eigenvalue weighted by Crippen LogP contribution is -2.42. The molecular weight excluding hydrogens is 412 g/mol. The quantitative estimate of drug-likeness (QED) is 0.478. The Balaban J connectivity index is 2.04. The highest BCUT2D eigenvalue weighted by atomic mass is 35.5. The van der Waals surface area contributed by atoms with Gasteiger partial charge in [-0.05, 0) is 44.2 Å². The Morgan fingerprint density at radius 3 is 2.69 bits per heavy atom. The van der Waals surface area contributed by atoms with Crippen LogP contribution in [0.5, 0.6) is 0 Å². The highest BCUT2D eigenvalue weighted by Crippen LogP contribution is 2.26. The number of hydrogen-bond acceptors (Lipinski definition) is 5. The van der Waals surface area contributed by atoms with E-state index >= 15 is 0 Å². The molecule has 2 N–H and O–H groups in total. The van der Waals surface area contributed by atoms with E-state index in [1.54, 1.807) is 62.4 Å². The molecule has 0 aliphatic carbocycles. The third-order valence-electron chi connectivity index (χ3n) is 4.04. The summed E-state index contributed by atoms with van der Waals surface area (Å²) in [5.41, 5.74) is 0.797. The molecule has 0 unspecified atom stereocenters. The molecule has 0 saturated heterocycles. The number of fused-ring (bicyclic) bond motifs is 1. The minimum atomic E-state index is -0.670. The highest BCUT2D eigenvalue weighted by Gasteiger charge is 2.21. The zero-order valence-corrected chi connectivity index (χ0v) is 17.4. The Labute approximate surface area is 176 Å². The van der Waals surface area contributed by atoms with Crippen LogP contribution in [0.3, 0.4) is 0 Å². The first kappa shape index (κ1) is 20.9. The average Bonchev–Trinajstić information content (AvgIpc) is 2.68. The van der Waals surface area contributed by atoms with Gasteiger partial charge in [-0.25, -0.2) is 9.78 Å². The number of para-hydroxylation sites is 1. The Kier molecular flexibility index (Phi) is 6.56. The number of amides is 3. The molecular formula is C20H19ClN4O3S. The molecule has 9 heteroatoms. The number of aromatic nitrogens is 2. The Morgan fingerprint density at radius 1 is 1.21 bits per heavy atom. The molecule has 1 heterocycles. The summed E-state index contributed by atoms with van der Waals surface area (Å²) in [5, 5.41) is 5.37. The van der Waals surface area contributed by atoms with Gasteiger partial charge in [0.1, 0.15) is 0 Å². The van der Waals surface area contributed by atoms with Gasteiger partial charge >= 0.3 is 6.03 Å². The van der Waals surface area contributed by atoms with Crippen LogP contribution in [0, 0.1) is 0 Å². The number of nitrogens with zero attached hydrogens (tertiary/aromatic N) is 2. The summed E-state index contributed by atoms with van der Waals surface area (Å²) in [4.78, 5) is 41.7. The predicted molar refractivity (Wildman–Crippen MR) is 115 cm³/mol. The molecule has 0 aliphatic heterocycles. The minimum Gasteiger partial charge on any atom is -0.338 e. The van der Waals surface area contributed by atoms with Crippen molar-refractivity contribution in [3.8, 4) is 5.69 Å². The number of hydrogen-bond donors (Lipinski definition) is 2. The molecule has 3 amide bonds. The summed E-state index contributed by atoms with van der Waals surface area (Å²) in [6.07, 6.45) is 0. The van der Waals surface area contributed by atoms with E-state index in [9.17, 15) is 14.4 Å². The number of carbonyl (C=O) groups is 2. The first-order valence-corrected chi connectivity index (χ1v) is 10.2. The number of nitrogens with one attached hydrogen (secondary N) is 2. The van der Waals surface area contributed by atoms with E-state index in [1.807, 2.05) is 0 Å². The molecule has 2 aromatic carbocycles. The standard InChI is InChI=1S/C20H19ClN4O3S/c1-3-22-19(28)24-17(26)12(2)29-20-23-16-10-5-4-9-15(16)18(27)25(20)14-8-6-7-13(21)11-14/h4-12H,3H2,1-2H3,(H2,22,24,26,28)/t12-/m0/s1. The van der Waals surface area contributed by atoms with Crippen molar-refractivity contribution in [3.63, 3.8) is 0 Å². The van der Waals surface area contributed by atoms with E-state index < -0.39 is 17.2 Å². The number of halogens is 1. The van der Waals surface area contributed by atoms with Crippen molar-refractivity contribution in [2.75, 3.05) is 6.54 Å². The van der Waals surface area contributed by atoms with E-state index in [0.717, 1.165) is 11.8 Å². The molecule has 0 saturated carbocycles. The maximum Gasteiger partial charge on any atom is 0.321 e. The summed E-state index contributed by atoms with van der Waals surface area (Å²) in [6, 6.07) is 13.3.